The minimum absolute atomic E-state index is 0.0272. The zero-order valence-electron chi connectivity index (χ0n) is 12.8. The van der Waals surface area contributed by atoms with E-state index in [-0.39, 0.29) is 12.3 Å². The predicted molar refractivity (Wildman–Crippen MR) is 101 cm³/mol. The van der Waals surface area contributed by atoms with Crippen LogP contribution in [0.1, 0.15) is 18.4 Å². The van der Waals surface area contributed by atoms with E-state index < -0.39 is 5.97 Å². The number of carboxylic acid groups (broad SMARTS) is 1. The van der Waals surface area contributed by atoms with Crippen LogP contribution in [0.15, 0.2) is 47.4 Å². The lowest BCUT2D eigenvalue weighted by Gasteiger charge is -2.13. The molecule has 24 heavy (non-hydrogen) atoms. The van der Waals surface area contributed by atoms with Gasteiger partial charge in [-0.15, -0.1) is 0 Å². The maximum atomic E-state index is 12.5. The van der Waals surface area contributed by atoms with Crippen LogP contribution in [-0.2, 0) is 9.59 Å². The van der Waals surface area contributed by atoms with E-state index in [4.69, 9.17) is 17.3 Å². The number of carboxylic acids is 1. The van der Waals surface area contributed by atoms with Gasteiger partial charge in [-0.05, 0) is 28.8 Å². The summed E-state index contributed by atoms with van der Waals surface area (Å²) >= 11 is 6.53. The van der Waals surface area contributed by atoms with Crippen LogP contribution >= 0.6 is 24.0 Å². The van der Waals surface area contributed by atoms with Gasteiger partial charge in [0.2, 0.25) is 0 Å². The first-order valence-corrected chi connectivity index (χ1v) is 8.73. The summed E-state index contributed by atoms with van der Waals surface area (Å²) in [5, 5.41) is 10.9. The molecule has 2 aromatic rings. The van der Waals surface area contributed by atoms with Crippen LogP contribution in [0.4, 0.5) is 0 Å². The average molecular weight is 357 g/mol. The van der Waals surface area contributed by atoms with E-state index in [9.17, 15) is 9.59 Å². The van der Waals surface area contributed by atoms with Crippen LogP contribution < -0.4 is 0 Å². The standard InChI is InChI=1S/C18H15NO3S2/c20-16(21)9-4-10-19-17(22)15(24-18(19)23)11-13-7-3-6-12-5-1-2-8-14(12)13/h1-3,5-8,11H,4,9-10H2,(H,20,21). The summed E-state index contributed by atoms with van der Waals surface area (Å²) in [4.78, 5) is 25.2. The van der Waals surface area contributed by atoms with Gasteiger partial charge in [0.15, 0.2) is 0 Å². The molecule has 1 aliphatic rings. The van der Waals surface area contributed by atoms with Crippen LogP contribution in [-0.4, -0.2) is 32.7 Å². The number of hydrogen-bond acceptors (Lipinski definition) is 4. The number of aliphatic carboxylic acids is 1. The molecule has 1 saturated heterocycles. The number of carbonyl (C=O) groups excluding carboxylic acids is 1. The molecule has 0 bridgehead atoms. The van der Waals surface area contributed by atoms with Crippen molar-refractivity contribution in [1.82, 2.24) is 4.90 Å². The summed E-state index contributed by atoms with van der Waals surface area (Å²) in [6, 6.07) is 14.0. The summed E-state index contributed by atoms with van der Waals surface area (Å²) < 4.78 is 0.483. The maximum Gasteiger partial charge on any atom is 0.303 e. The largest absolute Gasteiger partial charge is 0.481 e. The maximum absolute atomic E-state index is 12.5. The van der Waals surface area contributed by atoms with Crippen LogP contribution in [0.5, 0.6) is 0 Å². The van der Waals surface area contributed by atoms with E-state index in [1.807, 2.05) is 48.5 Å². The van der Waals surface area contributed by atoms with E-state index in [2.05, 4.69) is 0 Å². The fourth-order valence-electron chi connectivity index (χ4n) is 2.60. The Kier molecular flexibility index (Phi) is 4.97. The van der Waals surface area contributed by atoms with E-state index >= 15 is 0 Å². The first-order valence-electron chi connectivity index (χ1n) is 7.51. The zero-order valence-corrected chi connectivity index (χ0v) is 14.4. The zero-order chi connectivity index (χ0) is 17.1. The molecule has 4 nitrogen and oxygen atoms in total. The van der Waals surface area contributed by atoms with Gasteiger partial charge < -0.3 is 5.11 Å². The molecule has 0 unspecified atom stereocenters. The van der Waals surface area contributed by atoms with E-state index in [1.54, 1.807) is 0 Å². The minimum Gasteiger partial charge on any atom is -0.481 e. The first kappa shape index (κ1) is 16.7. The number of rotatable bonds is 5. The number of amides is 1. The summed E-state index contributed by atoms with van der Waals surface area (Å²) in [6.07, 6.45) is 2.28. The number of nitrogens with zero attached hydrogens (tertiary/aromatic N) is 1. The Hall–Kier alpha value is -2.18. The highest BCUT2D eigenvalue weighted by molar-refractivity contribution is 8.26. The van der Waals surface area contributed by atoms with Crippen molar-refractivity contribution in [2.75, 3.05) is 6.54 Å². The second kappa shape index (κ2) is 7.15. The molecular formula is C18H15NO3S2. The second-order valence-electron chi connectivity index (χ2n) is 5.40. The molecular weight excluding hydrogens is 342 g/mol. The number of thioether (sulfide) groups is 1. The van der Waals surface area contributed by atoms with Crippen LogP contribution in [0, 0.1) is 0 Å². The highest BCUT2D eigenvalue weighted by Crippen LogP contribution is 2.34. The topological polar surface area (TPSA) is 57.6 Å². The van der Waals surface area contributed by atoms with Gasteiger partial charge in [-0.25, -0.2) is 0 Å². The van der Waals surface area contributed by atoms with Gasteiger partial charge in [-0.2, -0.15) is 0 Å². The smallest absolute Gasteiger partial charge is 0.303 e. The lowest BCUT2D eigenvalue weighted by Crippen LogP contribution is -2.29. The molecule has 0 atom stereocenters. The van der Waals surface area contributed by atoms with Gasteiger partial charge in [0, 0.05) is 13.0 Å². The lowest BCUT2D eigenvalue weighted by molar-refractivity contribution is -0.137. The number of thiocarbonyl (C=S) groups is 1. The third-order valence-corrected chi connectivity index (χ3v) is 5.13. The van der Waals surface area contributed by atoms with Crippen molar-refractivity contribution in [3.8, 4) is 0 Å². The van der Waals surface area contributed by atoms with Crippen molar-refractivity contribution in [3.05, 3.63) is 52.9 Å². The Balaban J connectivity index is 1.84. The van der Waals surface area contributed by atoms with Gasteiger partial charge in [0.1, 0.15) is 4.32 Å². The minimum atomic E-state index is -0.869. The van der Waals surface area contributed by atoms with Crippen molar-refractivity contribution in [3.63, 3.8) is 0 Å². The second-order valence-corrected chi connectivity index (χ2v) is 7.07. The van der Waals surface area contributed by atoms with Crippen molar-refractivity contribution in [2.45, 2.75) is 12.8 Å². The molecule has 3 rings (SSSR count). The average Bonchev–Trinajstić information content (AvgIpc) is 2.82. The fraction of sp³-hybridized carbons (Fsp3) is 0.167. The van der Waals surface area contributed by atoms with Gasteiger partial charge in [0.25, 0.3) is 5.91 Å². The van der Waals surface area contributed by atoms with Crippen molar-refractivity contribution < 1.29 is 14.7 Å². The molecule has 0 saturated carbocycles. The van der Waals surface area contributed by atoms with Crippen molar-refractivity contribution >= 4 is 57.0 Å². The van der Waals surface area contributed by atoms with E-state index in [0.29, 0.717) is 22.2 Å². The number of carbonyl (C=O) groups is 2. The third kappa shape index (κ3) is 3.49. The lowest BCUT2D eigenvalue weighted by atomic mass is 10.0. The first-order chi connectivity index (χ1) is 11.6. The van der Waals surface area contributed by atoms with Gasteiger partial charge >= 0.3 is 5.97 Å². The Morgan fingerprint density at radius 2 is 1.96 bits per heavy atom. The molecule has 0 aliphatic carbocycles. The van der Waals surface area contributed by atoms with E-state index in [1.165, 1.54) is 16.7 Å². The molecule has 0 radical (unpaired) electrons. The molecule has 1 heterocycles. The molecule has 122 valence electrons. The third-order valence-electron chi connectivity index (χ3n) is 3.76. The van der Waals surface area contributed by atoms with Crippen LogP contribution in [0.3, 0.4) is 0 Å². The fourth-order valence-corrected chi connectivity index (χ4v) is 3.90. The van der Waals surface area contributed by atoms with Crippen LogP contribution in [0.25, 0.3) is 16.8 Å². The molecule has 2 aromatic carbocycles. The molecule has 0 spiro atoms. The molecule has 1 fully saturated rings. The number of hydrogen-bond donors (Lipinski definition) is 1. The summed E-state index contributed by atoms with van der Waals surface area (Å²) in [5.41, 5.74) is 0.971. The van der Waals surface area contributed by atoms with Gasteiger partial charge in [0.05, 0.1) is 4.91 Å². The molecule has 1 aliphatic heterocycles. The Bertz CT molecular complexity index is 855. The van der Waals surface area contributed by atoms with E-state index in [0.717, 1.165) is 16.3 Å². The van der Waals surface area contributed by atoms with Gasteiger partial charge in [-0.1, -0.05) is 66.4 Å². The number of fused-ring (bicyclic) bond motifs is 1. The predicted octanol–water partition coefficient (Wildman–Crippen LogP) is 3.91. The SMILES string of the molecule is O=C(O)CCCN1C(=O)C(=Cc2cccc3ccccc23)SC1=S. The molecule has 0 aromatic heterocycles. The molecule has 1 amide bonds. The normalized spacial score (nSPS) is 16.3. The van der Waals surface area contributed by atoms with Crippen molar-refractivity contribution in [2.24, 2.45) is 0 Å². The van der Waals surface area contributed by atoms with Crippen molar-refractivity contribution in [1.29, 1.82) is 0 Å². The van der Waals surface area contributed by atoms with Crippen LogP contribution in [0.2, 0.25) is 0 Å². The monoisotopic (exact) mass is 357 g/mol. The quantitative estimate of drug-likeness (QED) is 0.649. The number of benzene rings is 2. The molecule has 6 heteroatoms. The molecule has 1 N–H and O–H groups in total. The summed E-state index contributed by atoms with van der Waals surface area (Å²) in [5.74, 6) is -1.02. The Labute approximate surface area is 149 Å². The Morgan fingerprint density at radius 1 is 1.21 bits per heavy atom. The van der Waals surface area contributed by atoms with Gasteiger partial charge in [-0.3, -0.25) is 14.5 Å². The summed E-state index contributed by atoms with van der Waals surface area (Å²) in [7, 11) is 0. The highest BCUT2D eigenvalue weighted by Gasteiger charge is 2.31. The Morgan fingerprint density at radius 3 is 2.75 bits per heavy atom. The highest BCUT2D eigenvalue weighted by atomic mass is 32.2. The summed E-state index contributed by atoms with van der Waals surface area (Å²) in [6.45, 7) is 0.337.